The summed E-state index contributed by atoms with van der Waals surface area (Å²) in [4.78, 5) is 14.4. The van der Waals surface area contributed by atoms with E-state index in [9.17, 15) is 4.79 Å². The number of nitrogens with zero attached hydrogens (tertiary/aromatic N) is 1. The van der Waals surface area contributed by atoms with Gasteiger partial charge in [-0.1, -0.05) is 20.3 Å². The summed E-state index contributed by atoms with van der Waals surface area (Å²) >= 11 is 0. The van der Waals surface area contributed by atoms with Crippen molar-refractivity contribution in [2.75, 3.05) is 19.7 Å². The van der Waals surface area contributed by atoms with Crippen LogP contribution in [0.5, 0.6) is 0 Å². The predicted molar refractivity (Wildman–Crippen MR) is 78.2 cm³/mol. The molecule has 0 aromatic carbocycles. The molecule has 0 amide bonds. The Kier molecular flexibility index (Phi) is 7.39. The number of piperidine rings is 1. The summed E-state index contributed by atoms with van der Waals surface area (Å²) in [5.41, 5.74) is 0. The maximum Gasteiger partial charge on any atom is 0.323 e. The standard InChI is InChI=1S/C15H30N2O2/c1-5-19-15(18)14(16-12(2)3)9-11-17-10-7-6-8-13(17)4/h12-14,16H,5-11H2,1-4H3. The second-order valence-corrected chi connectivity index (χ2v) is 5.80. The van der Waals surface area contributed by atoms with E-state index < -0.39 is 0 Å². The van der Waals surface area contributed by atoms with Crippen LogP contribution in [0.4, 0.5) is 0 Å². The molecule has 4 heteroatoms. The predicted octanol–water partition coefficient (Wildman–Crippen LogP) is 2.18. The molecule has 1 saturated heterocycles. The first-order valence-electron chi connectivity index (χ1n) is 7.71. The zero-order chi connectivity index (χ0) is 14.3. The number of hydrogen-bond donors (Lipinski definition) is 1. The Hall–Kier alpha value is -0.610. The van der Waals surface area contributed by atoms with E-state index in [0.717, 1.165) is 13.0 Å². The van der Waals surface area contributed by atoms with Crippen molar-refractivity contribution in [1.29, 1.82) is 0 Å². The lowest BCUT2D eigenvalue weighted by Gasteiger charge is -2.34. The van der Waals surface area contributed by atoms with Crippen LogP contribution < -0.4 is 5.32 Å². The van der Waals surface area contributed by atoms with E-state index in [0.29, 0.717) is 18.7 Å². The second-order valence-electron chi connectivity index (χ2n) is 5.80. The van der Waals surface area contributed by atoms with Crippen molar-refractivity contribution < 1.29 is 9.53 Å². The Morgan fingerprint density at radius 2 is 2.16 bits per heavy atom. The minimum absolute atomic E-state index is 0.110. The molecule has 2 atom stereocenters. The van der Waals surface area contributed by atoms with Crippen molar-refractivity contribution in [3.05, 3.63) is 0 Å². The lowest BCUT2D eigenvalue weighted by Crippen LogP contribution is -2.46. The molecular weight excluding hydrogens is 240 g/mol. The number of hydrogen-bond acceptors (Lipinski definition) is 4. The van der Waals surface area contributed by atoms with Gasteiger partial charge in [-0.15, -0.1) is 0 Å². The minimum atomic E-state index is -0.172. The van der Waals surface area contributed by atoms with Crippen molar-refractivity contribution in [3.63, 3.8) is 0 Å². The summed E-state index contributed by atoms with van der Waals surface area (Å²) in [6.07, 6.45) is 4.73. The molecule has 0 aliphatic carbocycles. The fraction of sp³-hybridized carbons (Fsp3) is 0.933. The average Bonchev–Trinajstić information content (AvgIpc) is 2.36. The first-order valence-corrected chi connectivity index (χ1v) is 7.71. The van der Waals surface area contributed by atoms with Gasteiger partial charge in [-0.05, 0) is 39.7 Å². The maximum atomic E-state index is 11.9. The van der Waals surface area contributed by atoms with Gasteiger partial charge in [-0.3, -0.25) is 4.79 Å². The Morgan fingerprint density at radius 3 is 2.74 bits per heavy atom. The van der Waals surface area contributed by atoms with E-state index in [1.165, 1.54) is 25.8 Å². The van der Waals surface area contributed by atoms with Gasteiger partial charge in [0.1, 0.15) is 6.04 Å². The number of likely N-dealkylation sites (tertiary alicyclic amines) is 1. The number of nitrogens with one attached hydrogen (secondary N) is 1. The number of rotatable bonds is 7. The highest BCUT2D eigenvalue weighted by Crippen LogP contribution is 2.17. The Labute approximate surface area is 117 Å². The summed E-state index contributed by atoms with van der Waals surface area (Å²) in [6.45, 7) is 10.9. The summed E-state index contributed by atoms with van der Waals surface area (Å²) in [6, 6.07) is 0.776. The number of carbonyl (C=O) groups is 1. The largest absolute Gasteiger partial charge is 0.465 e. The molecule has 19 heavy (non-hydrogen) atoms. The Balaban J connectivity index is 2.44. The molecule has 4 nitrogen and oxygen atoms in total. The van der Waals surface area contributed by atoms with E-state index in [4.69, 9.17) is 4.74 Å². The van der Waals surface area contributed by atoms with Crippen molar-refractivity contribution in [1.82, 2.24) is 10.2 Å². The SMILES string of the molecule is CCOC(=O)C(CCN1CCCCC1C)NC(C)C. The van der Waals surface area contributed by atoms with Crippen molar-refractivity contribution >= 4 is 5.97 Å². The third-order valence-corrected chi connectivity index (χ3v) is 3.75. The Morgan fingerprint density at radius 1 is 1.42 bits per heavy atom. The summed E-state index contributed by atoms with van der Waals surface area (Å²) in [7, 11) is 0. The van der Waals surface area contributed by atoms with Gasteiger partial charge in [-0.2, -0.15) is 0 Å². The molecule has 0 saturated carbocycles. The summed E-state index contributed by atoms with van der Waals surface area (Å²) in [5, 5.41) is 3.32. The highest BCUT2D eigenvalue weighted by atomic mass is 16.5. The van der Waals surface area contributed by atoms with E-state index in [1.807, 2.05) is 6.92 Å². The Bertz CT molecular complexity index is 269. The van der Waals surface area contributed by atoms with E-state index in [1.54, 1.807) is 0 Å². The smallest absolute Gasteiger partial charge is 0.323 e. The molecule has 1 rings (SSSR count). The molecule has 0 radical (unpaired) electrons. The molecule has 0 aromatic heterocycles. The van der Waals surface area contributed by atoms with Crippen LogP contribution in [0.25, 0.3) is 0 Å². The molecule has 1 N–H and O–H groups in total. The lowest BCUT2D eigenvalue weighted by atomic mass is 10.0. The number of ether oxygens (including phenoxy) is 1. The molecule has 1 aliphatic rings. The van der Waals surface area contributed by atoms with Crippen molar-refractivity contribution in [2.45, 2.75) is 71.5 Å². The van der Waals surface area contributed by atoms with Crippen molar-refractivity contribution in [3.8, 4) is 0 Å². The van der Waals surface area contributed by atoms with E-state index >= 15 is 0 Å². The molecule has 0 aromatic rings. The normalized spacial score (nSPS) is 22.5. The number of esters is 1. The summed E-state index contributed by atoms with van der Waals surface area (Å²) < 4.78 is 5.15. The molecule has 1 fully saturated rings. The van der Waals surface area contributed by atoms with Gasteiger partial charge >= 0.3 is 5.97 Å². The fourth-order valence-electron chi connectivity index (χ4n) is 2.70. The zero-order valence-corrected chi connectivity index (χ0v) is 12.9. The third-order valence-electron chi connectivity index (χ3n) is 3.75. The molecule has 0 bridgehead atoms. The summed E-state index contributed by atoms with van der Waals surface area (Å²) in [5.74, 6) is -0.110. The van der Waals surface area contributed by atoms with Gasteiger partial charge in [0.2, 0.25) is 0 Å². The van der Waals surface area contributed by atoms with Gasteiger partial charge in [0.15, 0.2) is 0 Å². The fourth-order valence-corrected chi connectivity index (χ4v) is 2.70. The van der Waals surface area contributed by atoms with Gasteiger partial charge < -0.3 is 15.0 Å². The molecule has 112 valence electrons. The minimum Gasteiger partial charge on any atom is -0.465 e. The zero-order valence-electron chi connectivity index (χ0n) is 12.9. The third kappa shape index (κ3) is 5.91. The molecule has 0 spiro atoms. The number of carbonyl (C=O) groups excluding carboxylic acids is 1. The lowest BCUT2D eigenvalue weighted by molar-refractivity contribution is -0.146. The monoisotopic (exact) mass is 270 g/mol. The highest BCUT2D eigenvalue weighted by molar-refractivity contribution is 5.75. The topological polar surface area (TPSA) is 41.6 Å². The molecule has 1 heterocycles. The van der Waals surface area contributed by atoms with Crippen LogP contribution in [-0.4, -0.2) is 48.7 Å². The second kappa shape index (κ2) is 8.54. The van der Waals surface area contributed by atoms with Crippen LogP contribution in [0, 0.1) is 0 Å². The molecular formula is C15H30N2O2. The van der Waals surface area contributed by atoms with Crippen LogP contribution in [0.3, 0.4) is 0 Å². The van der Waals surface area contributed by atoms with Crippen LogP contribution in [0.15, 0.2) is 0 Å². The quantitative estimate of drug-likeness (QED) is 0.720. The van der Waals surface area contributed by atoms with Crippen LogP contribution >= 0.6 is 0 Å². The van der Waals surface area contributed by atoms with E-state index in [2.05, 4.69) is 31.0 Å². The van der Waals surface area contributed by atoms with Crippen molar-refractivity contribution in [2.24, 2.45) is 0 Å². The maximum absolute atomic E-state index is 11.9. The van der Waals surface area contributed by atoms with Gasteiger partial charge in [0.05, 0.1) is 6.61 Å². The van der Waals surface area contributed by atoms with Crippen LogP contribution in [-0.2, 0) is 9.53 Å². The highest BCUT2D eigenvalue weighted by Gasteiger charge is 2.24. The van der Waals surface area contributed by atoms with Gasteiger partial charge in [-0.25, -0.2) is 0 Å². The van der Waals surface area contributed by atoms with Gasteiger partial charge in [0, 0.05) is 18.6 Å². The first kappa shape index (κ1) is 16.4. The molecule has 1 aliphatic heterocycles. The average molecular weight is 270 g/mol. The van der Waals surface area contributed by atoms with Crippen LogP contribution in [0.2, 0.25) is 0 Å². The van der Waals surface area contributed by atoms with Crippen LogP contribution in [0.1, 0.15) is 53.4 Å². The molecule has 2 unspecified atom stereocenters. The first-order chi connectivity index (χ1) is 9.04. The van der Waals surface area contributed by atoms with Gasteiger partial charge in [0.25, 0.3) is 0 Å². The van der Waals surface area contributed by atoms with E-state index in [-0.39, 0.29) is 12.0 Å².